The molecule has 4 heteroatoms. The van der Waals surface area contributed by atoms with E-state index in [1.807, 2.05) is 0 Å². The van der Waals surface area contributed by atoms with Crippen LogP contribution in [0.5, 0.6) is 0 Å². The summed E-state index contributed by atoms with van der Waals surface area (Å²) in [5, 5.41) is 3.41. The molecular weight excluding hydrogens is 335 g/mol. The normalized spacial score (nSPS) is 11.0. The van der Waals surface area contributed by atoms with Gasteiger partial charge in [-0.05, 0) is 45.7 Å². The first-order valence-electron chi connectivity index (χ1n) is 3.67. The Labute approximate surface area is 105 Å². The predicted octanol–water partition coefficient (Wildman–Crippen LogP) is 4.53. The largest absolute Gasteiger partial charge is 0.143 e. The standard InChI is InChI=1S/C9H6ClIS2/c10-3-5-4-13-8-2-6(12)1-7(11)9(5)8/h1-2,4,12H,3H2. The molecule has 0 N–H and O–H groups in total. The van der Waals surface area contributed by atoms with Gasteiger partial charge in [0.2, 0.25) is 0 Å². The number of halogens is 2. The number of hydrogen-bond donors (Lipinski definition) is 1. The molecule has 0 saturated carbocycles. The van der Waals surface area contributed by atoms with Crippen LogP contribution in [0.3, 0.4) is 0 Å². The number of benzene rings is 1. The first-order chi connectivity index (χ1) is 6.22. The predicted molar refractivity (Wildman–Crippen MR) is 71.4 cm³/mol. The Morgan fingerprint density at radius 1 is 1.46 bits per heavy atom. The first kappa shape index (κ1) is 10.1. The molecule has 0 aliphatic heterocycles. The summed E-state index contributed by atoms with van der Waals surface area (Å²) in [5.41, 5.74) is 1.22. The Balaban J connectivity index is 2.82. The van der Waals surface area contributed by atoms with E-state index in [9.17, 15) is 0 Å². The SMILES string of the molecule is Sc1cc(I)c2c(CCl)csc2c1. The third-order valence-electron chi connectivity index (χ3n) is 1.83. The highest BCUT2D eigenvalue weighted by molar-refractivity contribution is 14.1. The van der Waals surface area contributed by atoms with Crippen LogP contribution >= 0.6 is 58.2 Å². The molecule has 0 fully saturated rings. The highest BCUT2D eigenvalue weighted by atomic mass is 127. The van der Waals surface area contributed by atoms with Gasteiger partial charge < -0.3 is 0 Å². The fraction of sp³-hybridized carbons (Fsp3) is 0.111. The molecule has 1 aromatic heterocycles. The van der Waals surface area contributed by atoms with E-state index in [-0.39, 0.29) is 0 Å². The van der Waals surface area contributed by atoms with E-state index in [1.54, 1.807) is 11.3 Å². The highest BCUT2D eigenvalue weighted by Gasteiger charge is 2.07. The van der Waals surface area contributed by atoms with Gasteiger partial charge in [-0.25, -0.2) is 0 Å². The van der Waals surface area contributed by atoms with Gasteiger partial charge in [-0.15, -0.1) is 35.6 Å². The van der Waals surface area contributed by atoms with E-state index in [0.717, 1.165) is 4.90 Å². The van der Waals surface area contributed by atoms with Gasteiger partial charge in [-0.1, -0.05) is 0 Å². The van der Waals surface area contributed by atoms with Crippen molar-refractivity contribution in [2.24, 2.45) is 0 Å². The minimum Gasteiger partial charge on any atom is -0.143 e. The Morgan fingerprint density at radius 3 is 2.92 bits per heavy atom. The zero-order valence-corrected chi connectivity index (χ0v) is 11.2. The van der Waals surface area contributed by atoms with Crippen molar-refractivity contribution < 1.29 is 0 Å². The van der Waals surface area contributed by atoms with Crippen LogP contribution in [-0.4, -0.2) is 0 Å². The van der Waals surface area contributed by atoms with Crippen molar-refractivity contribution in [2.75, 3.05) is 0 Å². The molecule has 0 unspecified atom stereocenters. The molecular formula is C9H6ClIS2. The molecule has 0 radical (unpaired) electrons. The van der Waals surface area contributed by atoms with Gasteiger partial charge in [-0.3, -0.25) is 0 Å². The van der Waals surface area contributed by atoms with E-state index in [1.165, 1.54) is 19.2 Å². The average molecular weight is 341 g/mol. The summed E-state index contributed by atoms with van der Waals surface area (Å²) < 4.78 is 2.50. The molecule has 0 atom stereocenters. The summed E-state index contributed by atoms with van der Waals surface area (Å²) in [5.74, 6) is 0.585. The van der Waals surface area contributed by atoms with Crippen LogP contribution in [0.4, 0.5) is 0 Å². The van der Waals surface area contributed by atoms with Crippen LogP contribution in [0, 0.1) is 3.57 Å². The number of thiol groups is 1. The maximum atomic E-state index is 5.84. The molecule has 0 aliphatic rings. The Bertz CT molecular complexity index is 450. The van der Waals surface area contributed by atoms with E-state index in [0.29, 0.717) is 5.88 Å². The molecule has 68 valence electrons. The third-order valence-corrected chi connectivity index (χ3v) is 4.21. The average Bonchev–Trinajstić information content (AvgIpc) is 2.47. The molecule has 2 aromatic rings. The fourth-order valence-corrected chi connectivity index (χ4v) is 4.34. The van der Waals surface area contributed by atoms with Gasteiger partial charge in [0.05, 0.1) is 0 Å². The summed E-state index contributed by atoms with van der Waals surface area (Å²) in [4.78, 5) is 1.01. The molecule has 0 spiro atoms. The van der Waals surface area contributed by atoms with Crippen LogP contribution in [0.2, 0.25) is 0 Å². The van der Waals surface area contributed by atoms with Crippen molar-refractivity contribution in [2.45, 2.75) is 10.8 Å². The van der Waals surface area contributed by atoms with Crippen molar-refractivity contribution in [3.63, 3.8) is 0 Å². The fourth-order valence-electron chi connectivity index (χ4n) is 1.26. The minimum atomic E-state index is 0.585. The molecule has 1 heterocycles. The van der Waals surface area contributed by atoms with Crippen LogP contribution < -0.4 is 0 Å². The quantitative estimate of drug-likeness (QED) is 0.440. The molecule has 0 aliphatic carbocycles. The lowest BCUT2D eigenvalue weighted by Gasteiger charge is -1.98. The lowest BCUT2D eigenvalue weighted by atomic mass is 10.2. The molecule has 0 saturated heterocycles. The van der Waals surface area contributed by atoms with Crippen molar-refractivity contribution in [3.05, 3.63) is 26.6 Å². The monoisotopic (exact) mass is 340 g/mol. The minimum absolute atomic E-state index is 0.585. The van der Waals surface area contributed by atoms with Gasteiger partial charge in [0.25, 0.3) is 0 Å². The van der Waals surface area contributed by atoms with E-state index in [2.05, 4.69) is 52.7 Å². The van der Waals surface area contributed by atoms with Crippen LogP contribution in [-0.2, 0) is 5.88 Å². The molecule has 0 nitrogen and oxygen atoms in total. The number of thiophene rings is 1. The maximum absolute atomic E-state index is 5.84. The van der Waals surface area contributed by atoms with Gasteiger partial charge in [0.15, 0.2) is 0 Å². The van der Waals surface area contributed by atoms with E-state index in [4.69, 9.17) is 11.6 Å². The zero-order valence-electron chi connectivity index (χ0n) is 6.55. The van der Waals surface area contributed by atoms with Crippen LogP contribution in [0.25, 0.3) is 10.1 Å². The van der Waals surface area contributed by atoms with Crippen molar-refractivity contribution >= 4 is 68.2 Å². The summed E-state index contributed by atoms with van der Waals surface area (Å²) in [7, 11) is 0. The van der Waals surface area contributed by atoms with Crippen LogP contribution in [0.15, 0.2) is 22.4 Å². The Kier molecular flexibility index (Phi) is 3.07. The first-order valence-corrected chi connectivity index (χ1v) is 6.61. The molecule has 2 rings (SSSR count). The number of hydrogen-bond acceptors (Lipinski definition) is 2. The van der Waals surface area contributed by atoms with Crippen molar-refractivity contribution in [1.82, 2.24) is 0 Å². The smallest absolute Gasteiger partial charge is 0.0488 e. The summed E-state index contributed by atoms with van der Waals surface area (Å²) in [6.45, 7) is 0. The second-order valence-electron chi connectivity index (χ2n) is 2.70. The zero-order chi connectivity index (χ0) is 9.42. The van der Waals surface area contributed by atoms with Gasteiger partial charge >= 0.3 is 0 Å². The van der Waals surface area contributed by atoms with Gasteiger partial charge in [-0.2, -0.15) is 0 Å². The van der Waals surface area contributed by atoms with Gasteiger partial charge in [0, 0.05) is 24.4 Å². The lowest BCUT2D eigenvalue weighted by Crippen LogP contribution is -1.78. The number of alkyl halides is 1. The Hall–Kier alpha value is 0.550. The van der Waals surface area contributed by atoms with Gasteiger partial charge in [0.1, 0.15) is 0 Å². The number of rotatable bonds is 1. The molecule has 13 heavy (non-hydrogen) atoms. The molecule has 0 bridgehead atoms. The third kappa shape index (κ3) is 1.84. The topological polar surface area (TPSA) is 0 Å². The van der Waals surface area contributed by atoms with Crippen LogP contribution in [0.1, 0.15) is 5.56 Å². The summed E-state index contributed by atoms with van der Waals surface area (Å²) in [6.07, 6.45) is 0. The second-order valence-corrected chi connectivity index (χ2v) is 5.55. The molecule has 1 aromatic carbocycles. The second kappa shape index (κ2) is 3.96. The maximum Gasteiger partial charge on any atom is 0.0488 e. The lowest BCUT2D eigenvalue weighted by molar-refractivity contribution is 1.46. The van der Waals surface area contributed by atoms with E-state index < -0.39 is 0 Å². The summed E-state index contributed by atoms with van der Waals surface area (Å²) >= 11 is 14.2. The highest BCUT2D eigenvalue weighted by Crippen LogP contribution is 2.33. The summed E-state index contributed by atoms with van der Waals surface area (Å²) in [6, 6.07) is 4.15. The molecule has 0 amide bonds. The van der Waals surface area contributed by atoms with E-state index >= 15 is 0 Å². The Morgan fingerprint density at radius 2 is 2.23 bits per heavy atom. The van der Waals surface area contributed by atoms with Crippen molar-refractivity contribution in [3.8, 4) is 0 Å². The number of fused-ring (bicyclic) bond motifs is 1. The van der Waals surface area contributed by atoms with Crippen molar-refractivity contribution in [1.29, 1.82) is 0 Å².